The van der Waals surface area contributed by atoms with Crippen molar-refractivity contribution in [3.8, 4) is 39.1 Å². The van der Waals surface area contributed by atoms with Gasteiger partial charge in [-0.25, -0.2) is 4.98 Å². The lowest BCUT2D eigenvalue weighted by atomic mass is 9.96. The molecule has 1 unspecified atom stereocenters. The first kappa shape index (κ1) is 26.6. The monoisotopic (exact) mass is 545 g/mol. The van der Waals surface area contributed by atoms with E-state index in [4.69, 9.17) is 9.47 Å². The Balaban J connectivity index is 1.20. The number of ether oxygens (including phenoxy) is 2. The minimum atomic E-state index is -1.58. The number of nitrogens with zero attached hydrogens (tertiary/aromatic N) is 3. The molecule has 1 atom stereocenters. The van der Waals surface area contributed by atoms with Crippen LogP contribution in [0.2, 0.25) is 0 Å². The van der Waals surface area contributed by atoms with E-state index in [-0.39, 0.29) is 11.8 Å². The van der Waals surface area contributed by atoms with Crippen molar-refractivity contribution in [2.75, 3.05) is 19.7 Å². The lowest BCUT2D eigenvalue weighted by Crippen LogP contribution is -2.26. The molecule has 0 spiro atoms. The maximum absolute atomic E-state index is 12.0. The molecule has 202 valence electrons. The van der Waals surface area contributed by atoms with Gasteiger partial charge in [-0.3, -0.25) is 4.79 Å². The Morgan fingerprint density at radius 3 is 2.56 bits per heavy atom. The van der Waals surface area contributed by atoms with Crippen LogP contribution in [-0.2, 0) is 11.4 Å². The molecule has 39 heavy (non-hydrogen) atoms. The lowest BCUT2D eigenvalue weighted by Gasteiger charge is -2.16. The Bertz CT molecular complexity index is 1470. The Hall–Kier alpha value is -3.95. The van der Waals surface area contributed by atoms with Crippen LogP contribution in [0.4, 0.5) is 0 Å². The van der Waals surface area contributed by atoms with Crippen LogP contribution in [0.1, 0.15) is 36.1 Å². The number of hydrogen-bond donors (Lipinski definition) is 1. The van der Waals surface area contributed by atoms with Crippen LogP contribution in [-0.4, -0.2) is 49.5 Å². The number of carbonyl (C=O) groups excluding carboxylic acids is 1. The number of hydrogen-bond acceptors (Lipinski definition) is 7. The third kappa shape index (κ3) is 6.21. The fourth-order valence-corrected chi connectivity index (χ4v) is 5.66. The molecule has 8 nitrogen and oxygen atoms in total. The molecule has 0 bridgehead atoms. The predicted molar refractivity (Wildman–Crippen MR) is 149 cm³/mol. The highest BCUT2D eigenvalue weighted by Crippen LogP contribution is 2.35. The van der Waals surface area contributed by atoms with Crippen LogP contribution < -0.4 is 9.47 Å². The van der Waals surface area contributed by atoms with Gasteiger partial charge in [-0.2, -0.15) is 0 Å². The topological polar surface area (TPSA) is 108 Å². The molecule has 1 fully saturated rings. The second-order valence-electron chi connectivity index (χ2n) is 9.58. The van der Waals surface area contributed by atoms with Gasteiger partial charge < -0.3 is 24.0 Å². The molecule has 1 N–H and O–H groups in total. The quantitative estimate of drug-likeness (QED) is 0.197. The van der Waals surface area contributed by atoms with Gasteiger partial charge in [0.1, 0.15) is 12.4 Å². The van der Waals surface area contributed by atoms with E-state index in [1.54, 1.807) is 12.1 Å². The number of pyridine rings is 1. The lowest BCUT2D eigenvalue weighted by molar-refractivity contribution is -0.127. The van der Waals surface area contributed by atoms with E-state index in [0.717, 1.165) is 59.4 Å². The van der Waals surface area contributed by atoms with Crippen LogP contribution in [0.5, 0.6) is 17.5 Å². The van der Waals surface area contributed by atoms with E-state index < -0.39 is 10.9 Å². The molecule has 3 heterocycles. The largest absolute Gasteiger partial charge is 0.568 e. The second-order valence-corrected chi connectivity index (χ2v) is 10.7. The van der Waals surface area contributed by atoms with Gasteiger partial charge in [0.2, 0.25) is 16.7 Å². The average molecular weight is 546 g/mol. The highest BCUT2D eigenvalue weighted by atomic mass is 32.2. The number of aromatic hydroxyl groups is 1. The molecule has 1 aliphatic rings. The summed E-state index contributed by atoms with van der Waals surface area (Å²) in [4.78, 5) is 18.8. The van der Waals surface area contributed by atoms with Gasteiger partial charge in [-0.15, -0.1) is 0 Å². The number of amides is 1. The Labute approximate surface area is 230 Å². The summed E-state index contributed by atoms with van der Waals surface area (Å²) in [6.07, 6.45) is 2.40. The first-order chi connectivity index (χ1) is 18.9. The first-order valence-corrected chi connectivity index (χ1v) is 14.1. The third-order valence-corrected chi connectivity index (χ3v) is 8.03. The number of rotatable bonds is 10. The van der Waals surface area contributed by atoms with Crippen molar-refractivity contribution < 1.29 is 23.9 Å². The van der Waals surface area contributed by atoms with Crippen molar-refractivity contribution in [2.45, 2.75) is 39.7 Å². The van der Waals surface area contributed by atoms with E-state index in [1.807, 2.05) is 48.2 Å². The van der Waals surface area contributed by atoms with Gasteiger partial charge in [0.05, 0.1) is 23.6 Å². The Morgan fingerprint density at radius 2 is 1.87 bits per heavy atom. The molecule has 0 radical (unpaired) electrons. The number of likely N-dealkylation sites (tertiary alicyclic amines) is 1. The van der Waals surface area contributed by atoms with Crippen molar-refractivity contribution in [2.24, 2.45) is 0 Å². The SMILES string of the molecule is Cc1nc(OCCCN2CCCC2=O)ccc1-c1cccc(COc2ccc(-c3cc(O)n[s+]3[O-])cc2)c1C. The van der Waals surface area contributed by atoms with Gasteiger partial charge >= 0.3 is 0 Å². The molecule has 1 aliphatic heterocycles. The minimum absolute atomic E-state index is 0.224. The molecular weight excluding hydrogens is 514 g/mol. The minimum Gasteiger partial charge on any atom is -0.568 e. The number of aryl methyl sites for hydroxylation is 1. The molecule has 2 aromatic carbocycles. The van der Waals surface area contributed by atoms with Crippen LogP contribution >= 0.6 is 10.9 Å². The van der Waals surface area contributed by atoms with Crippen molar-refractivity contribution >= 4 is 16.9 Å². The highest BCUT2D eigenvalue weighted by molar-refractivity contribution is 7.23. The molecule has 0 aliphatic carbocycles. The summed E-state index contributed by atoms with van der Waals surface area (Å²) in [5.74, 6) is 1.29. The number of aromatic nitrogens is 2. The van der Waals surface area contributed by atoms with Crippen molar-refractivity contribution in [1.29, 1.82) is 0 Å². The van der Waals surface area contributed by atoms with Gasteiger partial charge in [-0.05, 0) is 73.7 Å². The summed E-state index contributed by atoms with van der Waals surface area (Å²) < 4.78 is 27.5. The molecule has 5 rings (SSSR count). The van der Waals surface area contributed by atoms with Crippen molar-refractivity contribution in [3.63, 3.8) is 0 Å². The van der Waals surface area contributed by atoms with Gasteiger partial charge in [0.25, 0.3) is 5.88 Å². The molecule has 1 amide bonds. The van der Waals surface area contributed by atoms with Gasteiger partial charge in [0, 0.05) is 46.8 Å². The number of benzene rings is 2. The Kier molecular flexibility index (Phi) is 8.09. The van der Waals surface area contributed by atoms with Crippen LogP contribution in [0.15, 0.2) is 60.7 Å². The summed E-state index contributed by atoms with van der Waals surface area (Å²) in [5, 5.41) is 9.48. The zero-order valence-corrected chi connectivity index (χ0v) is 22.9. The van der Waals surface area contributed by atoms with E-state index >= 15 is 0 Å². The maximum atomic E-state index is 12.0. The summed E-state index contributed by atoms with van der Waals surface area (Å²) in [6.45, 7) is 6.55. The zero-order chi connectivity index (χ0) is 27.4. The summed E-state index contributed by atoms with van der Waals surface area (Å²) in [5.41, 5.74) is 5.91. The van der Waals surface area contributed by atoms with Crippen LogP contribution in [0, 0.1) is 13.8 Å². The molecule has 4 aromatic rings. The summed E-state index contributed by atoms with van der Waals surface area (Å²) in [6, 6.07) is 18.7. The van der Waals surface area contributed by atoms with Crippen molar-refractivity contribution in [1.82, 2.24) is 14.3 Å². The fourth-order valence-electron chi connectivity index (χ4n) is 4.80. The Morgan fingerprint density at radius 1 is 1.05 bits per heavy atom. The highest BCUT2D eigenvalue weighted by Gasteiger charge is 2.19. The zero-order valence-electron chi connectivity index (χ0n) is 22.1. The van der Waals surface area contributed by atoms with Crippen LogP contribution in [0.3, 0.4) is 0 Å². The predicted octanol–water partition coefficient (Wildman–Crippen LogP) is 5.83. The van der Waals surface area contributed by atoms with E-state index in [1.165, 1.54) is 6.07 Å². The van der Waals surface area contributed by atoms with Gasteiger partial charge in [0.15, 0.2) is 0 Å². The molecule has 2 aromatic heterocycles. The summed E-state index contributed by atoms with van der Waals surface area (Å²) in [7, 11) is -1.58. The molecule has 9 heteroatoms. The van der Waals surface area contributed by atoms with E-state index in [0.29, 0.717) is 36.1 Å². The molecule has 1 saturated heterocycles. The molecular formula is C30H31N3O5S. The number of carbonyl (C=O) groups is 1. The third-order valence-electron chi connectivity index (χ3n) is 6.95. The average Bonchev–Trinajstić information content (AvgIpc) is 3.50. The van der Waals surface area contributed by atoms with Crippen molar-refractivity contribution in [3.05, 3.63) is 77.5 Å². The normalized spacial score (nSPS) is 13.7. The maximum Gasteiger partial charge on any atom is 0.270 e. The van der Waals surface area contributed by atoms with E-state index in [2.05, 4.69) is 22.3 Å². The molecule has 0 saturated carbocycles. The first-order valence-electron chi connectivity index (χ1n) is 13.0. The van der Waals surface area contributed by atoms with Crippen LogP contribution in [0.25, 0.3) is 21.6 Å². The summed E-state index contributed by atoms with van der Waals surface area (Å²) >= 11 is 0. The standard InChI is InChI=1S/C30H31N3O5S/c1-20-23(19-38-24-11-9-22(10-12-24)27-18-28(34)32-39(27)36)6-3-7-25(20)26-13-14-29(31-21(26)2)37-17-5-16-33-15-4-8-30(33)35/h3,6-7,9-14,18H,4-5,8,15-17,19H2,1-2H3,(H,32,34). The van der Waals surface area contributed by atoms with E-state index in [9.17, 15) is 14.5 Å². The fraction of sp³-hybridized carbons (Fsp3) is 0.300. The second kappa shape index (κ2) is 11.8. The van der Waals surface area contributed by atoms with Gasteiger partial charge in [-0.1, -0.05) is 18.2 Å². The smallest absolute Gasteiger partial charge is 0.270 e.